The van der Waals surface area contributed by atoms with Gasteiger partial charge in [-0.05, 0) is 44.3 Å². The van der Waals surface area contributed by atoms with Crippen molar-refractivity contribution in [3.8, 4) is 11.4 Å². The van der Waals surface area contributed by atoms with Crippen molar-refractivity contribution in [2.75, 3.05) is 20.1 Å². The van der Waals surface area contributed by atoms with Crippen LogP contribution < -0.4 is 0 Å². The Labute approximate surface area is 129 Å². The minimum absolute atomic E-state index is 0.0514. The number of benzene rings is 1. The van der Waals surface area contributed by atoms with Crippen molar-refractivity contribution in [1.29, 1.82) is 0 Å². The third-order valence-corrected chi connectivity index (χ3v) is 4.69. The van der Waals surface area contributed by atoms with Gasteiger partial charge in [-0.1, -0.05) is 5.16 Å². The van der Waals surface area contributed by atoms with Crippen LogP contribution in [0.25, 0.3) is 11.4 Å². The van der Waals surface area contributed by atoms with Crippen LogP contribution in [0.15, 0.2) is 33.7 Å². The van der Waals surface area contributed by atoms with Gasteiger partial charge in [-0.15, -0.1) is 11.8 Å². The predicted octanol–water partition coefficient (Wildman–Crippen LogP) is 3.55. The Balaban J connectivity index is 1.70. The van der Waals surface area contributed by atoms with Gasteiger partial charge in [-0.25, -0.2) is 0 Å². The average Bonchev–Trinajstić information content (AvgIpc) is 3.08. The summed E-state index contributed by atoms with van der Waals surface area (Å²) < 4.78 is 41.5. The van der Waals surface area contributed by atoms with Gasteiger partial charge in [0.2, 0.25) is 5.82 Å². The molecule has 8 heteroatoms. The van der Waals surface area contributed by atoms with Crippen molar-refractivity contribution >= 4 is 11.8 Å². The summed E-state index contributed by atoms with van der Waals surface area (Å²) in [4.78, 5) is 6.75. The van der Waals surface area contributed by atoms with Gasteiger partial charge < -0.3 is 9.42 Å². The van der Waals surface area contributed by atoms with Crippen LogP contribution in [-0.4, -0.2) is 40.4 Å². The molecule has 3 rings (SSSR count). The highest BCUT2D eigenvalue weighted by Crippen LogP contribution is 2.32. The fraction of sp³-hybridized carbons (Fsp3) is 0.429. The predicted molar refractivity (Wildman–Crippen MR) is 76.5 cm³/mol. The molecular formula is C14H14F3N3OS. The Morgan fingerprint density at radius 1 is 1.27 bits per heavy atom. The summed E-state index contributed by atoms with van der Waals surface area (Å²) in [6.07, 6.45) is -3.47. The zero-order chi connectivity index (χ0) is 15.7. The van der Waals surface area contributed by atoms with Gasteiger partial charge in [0.25, 0.3) is 0 Å². The number of thioether (sulfide) groups is 1. The lowest BCUT2D eigenvalue weighted by Gasteiger charge is -2.10. The molecular weight excluding hydrogens is 315 g/mol. The second-order valence-corrected chi connectivity index (χ2v) is 6.61. The molecule has 0 radical (unpaired) electrons. The number of hydrogen-bond donors (Lipinski definition) is 0. The van der Waals surface area contributed by atoms with Gasteiger partial charge in [0.05, 0.1) is 0 Å². The number of hydrogen-bond acceptors (Lipinski definition) is 5. The van der Waals surface area contributed by atoms with Crippen molar-refractivity contribution in [1.82, 2.24) is 15.0 Å². The fourth-order valence-corrected chi connectivity index (χ4v) is 3.55. The maximum absolute atomic E-state index is 12.4. The van der Waals surface area contributed by atoms with Crippen LogP contribution in [0.5, 0.6) is 0 Å². The fourth-order valence-electron chi connectivity index (χ4n) is 2.32. The maximum atomic E-state index is 12.4. The zero-order valence-corrected chi connectivity index (χ0v) is 12.6. The minimum atomic E-state index is -4.62. The van der Waals surface area contributed by atoms with Crippen LogP contribution >= 0.6 is 11.8 Å². The second kappa shape index (κ2) is 5.92. The summed E-state index contributed by atoms with van der Waals surface area (Å²) >= 11 is 1.78. The van der Waals surface area contributed by atoms with E-state index in [0.29, 0.717) is 10.8 Å². The Bertz CT molecular complexity index is 642. The van der Waals surface area contributed by atoms with E-state index in [0.717, 1.165) is 24.4 Å². The monoisotopic (exact) mass is 329 g/mol. The number of nitrogens with zero attached hydrogens (tertiary/aromatic N) is 3. The average molecular weight is 329 g/mol. The molecule has 22 heavy (non-hydrogen) atoms. The third-order valence-electron chi connectivity index (χ3n) is 3.43. The van der Waals surface area contributed by atoms with E-state index >= 15 is 0 Å². The molecule has 0 aliphatic carbocycles. The molecule has 1 aromatic carbocycles. The molecule has 1 saturated heterocycles. The number of likely N-dealkylation sites (tertiary alicyclic amines) is 1. The summed E-state index contributed by atoms with van der Waals surface area (Å²) in [6, 6.07) is 7.18. The minimum Gasteiger partial charge on any atom is -0.329 e. The number of halogens is 3. The van der Waals surface area contributed by atoms with E-state index in [1.54, 1.807) is 23.9 Å². The molecule has 2 aromatic rings. The Hall–Kier alpha value is -1.54. The molecule has 1 aromatic heterocycles. The number of alkyl halides is 3. The van der Waals surface area contributed by atoms with Gasteiger partial charge in [0, 0.05) is 22.3 Å². The normalized spacial score (nSPS) is 19.7. The van der Waals surface area contributed by atoms with Gasteiger partial charge in [0.15, 0.2) is 0 Å². The lowest BCUT2D eigenvalue weighted by Crippen LogP contribution is -2.14. The van der Waals surface area contributed by atoms with Crippen LogP contribution in [0.1, 0.15) is 12.3 Å². The molecule has 1 atom stereocenters. The van der Waals surface area contributed by atoms with E-state index in [1.807, 2.05) is 12.1 Å². The van der Waals surface area contributed by atoms with Crippen LogP contribution in [-0.2, 0) is 6.18 Å². The van der Waals surface area contributed by atoms with Crippen LogP contribution in [0.2, 0.25) is 0 Å². The van der Waals surface area contributed by atoms with Gasteiger partial charge in [-0.3, -0.25) is 0 Å². The molecule has 0 N–H and O–H groups in total. The summed E-state index contributed by atoms with van der Waals surface area (Å²) in [7, 11) is 2.10. The number of rotatable bonds is 3. The van der Waals surface area contributed by atoms with Crippen LogP contribution in [0.3, 0.4) is 0 Å². The summed E-state index contributed by atoms with van der Waals surface area (Å²) in [5, 5.41) is 3.93. The first kappa shape index (κ1) is 15.4. The highest BCUT2D eigenvalue weighted by Gasteiger charge is 2.38. The van der Waals surface area contributed by atoms with Crippen molar-refractivity contribution < 1.29 is 17.7 Å². The molecule has 1 aliphatic rings. The third kappa shape index (κ3) is 3.44. The molecule has 1 aliphatic heterocycles. The van der Waals surface area contributed by atoms with E-state index in [9.17, 15) is 13.2 Å². The standard InChI is InChI=1S/C14H14F3N3OS/c1-20-7-6-11(8-20)22-10-4-2-9(3-5-10)12-18-13(21-19-12)14(15,16)17/h2-5,11H,6-8H2,1H3. The van der Waals surface area contributed by atoms with Crippen LogP contribution in [0, 0.1) is 0 Å². The molecule has 0 amide bonds. The van der Waals surface area contributed by atoms with Crippen molar-refractivity contribution in [3.05, 3.63) is 30.2 Å². The first-order valence-electron chi connectivity index (χ1n) is 6.78. The first-order chi connectivity index (χ1) is 10.4. The maximum Gasteiger partial charge on any atom is 0.471 e. The van der Waals surface area contributed by atoms with E-state index in [1.165, 1.54) is 0 Å². The lowest BCUT2D eigenvalue weighted by molar-refractivity contribution is -0.159. The lowest BCUT2D eigenvalue weighted by atomic mass is 10.2. The summed E-state index contributed by atoms with van der Waals surface area (Å²) in [5.41, 5.74) is 0.507. The molecule has 0 saturated carbocycles. The highest BCUT2D eigenvalue weighted by molar-refractivity contribution is 8.00. The molecule has 0 spiro atoms. The van der Waals surface area contributed by atoms with Gasteiger partial charge in [-0.2, -0.15) is 18.2 Å². The van der Waals surface area contributed by atoms with Crippen molar-refractivity contribution in [3.63, 3.8) is 0 Å². The Morgan fingerprint density at radius 3 is 2.55 bits per heavy atom. The molecule has 4 nitrogen and oxygen atoms in total. The van der Waals surface area contributed by atoms with Gasteiger partial charge in [0.1, 0.15) is 0 Å². The smallest absolute Gasteiger partial charge is 0.329 e. The van der Waals surface area contributed by atoms with Crippen LogP contribution in [0.4, 0.5) is 13.2 Å². The van der Waals surface area contributed by atoms with Crippen molar-refractivity contribution in [2.45, 2.75) is 22.7 Å². The summed E-state index contributed by atoms with van der Waals surface area (Å²) in [6.45, 7) is 2.14. The SMILES string of the molecule is CN1CCC(Sc2ccc(-c3noc(C(F)(F)F)n3)cc2)C1. The van der Waals surface area contributed by atoms with Crippen molar-refractivity contribution in [2.24, 2.45) is 0 Å². The zero-order valence-electron chi connectivity index (χ0n) is 11.8. The molecule has 2 heterocycles. The summed E-state index contributed by atoms with van der Waals surface area (Å²) in [5.74, 6) is -1.38. The highest BCUT2D eigenvalue weighted by atomic mass is 32.2. The largest absolute Gasteiger partial charge is 0.471 e. The molecule has 1 fully saturated rings. The molecule has 1 unspecified atom stereocenters. The molecule has 118 valence electrons. The van der Waals surface area contributed by atoms with Gasteiger partial charge >= 0.3 is 12.1 Å². The quantitative estimate of drug-likeness (QED) is 0.861. The molecule has 0 bridgehead atoms. The number of aromatic nitrogens is 2. The van der Waals surface area contributed by atoms with E-state index in [2.05, 4.69) is 26.6 Å². The Morgan fingerprint density at radius 2 is 2.00 bits per heavy atom. The topological polar surface area (TPSA) is 42.2 Å². The van der Waals surface area contributed by atoms with E-state index in [4.69, 9.17) is 0 Å². The first-order valence-corrected chi connectivity index (χ1v) is 7.66. The van der Waals surface area contributed by atoms with E-state index in [-0.39, 0.29) is 5.82 Å². The second-order valence-electron chi connectivity index (χ2n) is 5.24. The Kier molecular flexibility index (Phi) is 4.14. The van der Waals surface area contributed by atoms with E-state index < -0.39 is 12.1 Å².